The van der Waals surface area contributed by atoms with Gasteiger partial charge in [-0.2, -0.15) is 0 Å². The molecule has 0 N–H and O–H groups in total. The van der Waals surface area contributed by atoms with Crippen molar-refractivity contribution in [3.05, 3.63) is 93.5 Å². The maximum atomic E-state index is 13.4. The van der Waals surface area contributed by atoms with Crippen molar-refractivity contribution in [2.75, 3.05) is 11.4 Å². The smallest absolute Gasteiger partial charge is 0.262 e. The molecule has 6 nitrogen and oxygen atoms in total. The lowest BCUT2D eigenvalue weighted by atomic mass is 10.1. The zero-order chi connectivity index (χ0) is 22.1. The van der Waals surface area contributed by atoms with Crippen molar-refractivity contribution >= 4 is 46.6 Å². The fourth-order valence-electron chi connectivity index (χ4n) is 3.25. The van der Waals surface area contributed by atoms with Crippen LogP contribution >= 0.6 is 23.2 Å². The fourth-order valence-corrected chi connectivity index (χ4v) is 3.57. The molecule has 0 fully saturated rings. The monoisotopic (exact) mass is 457 g/mol. The number of carbonyl (C=O) groups is 3. The van der Waals surface area contributed by atoms with Gasteiger partial charge in [-0.15, -0.1) is 0 Å². The Labute approximate surface area is 186 Å². The topological polar surface area (TPSA) is 70.6 Å². The van der Waals surface area contributed by atoms with Gasteiger partial charge in [0.2, 0.25) is 5.91 Å². The first-order chi connectivity index (χ1) is 14.8. The van der Waals surface area contributed by atoms with E-state index in [-0.39, 0.29) is 27.7 Å². The van der Waals surface area contributed by atoms with Crippen molar-refractivity contribution in [1.82, 2.24) is 9.88 Å². The molecule has 0 bridgehead atoms. The molecule has 4 rings (SSSR count). The van der Waals surface area contributed by atoms with E-state index in [1.54, 1.807) is 24.4 Å². The van der Waals surface area contributed by atoms with E-state index in [0.717, 1.165) is 4.90 Å². The van der Waals surface area contributed by atoms with Gasteiger partial charge in [-0.05, 0) is 48.5 Å². The third-order valence-corrected chi connectivity index (χ3v) is 5.51. The van der Waals surface area contributed by atoms with Crippen molar-refractivity contribution in [2.45, 2.75) is 6.54 Å². The molecule has 156 valence electrons. The Balaban J connectivity index is 1.62. The number of imide groups is 1. The predicted molar refractivity (Wildman–Crippen MR) is 114 cm³/mol. The number of anilines is 1. The van der Waals surface area contributed by atoms with Crippen molar-refractivity contribution in [2.24, 2.45) is 0 Å². The summed E-state index contributed by atoms with van der Waals surface area (Å²) in [6.07, 6.45) is 1.58. The first kappa shape index (κ1) is 21.0. The number of hydrogen-bond acceptors (Lipinski definition) is 4. The molecule has 3 amide bonds. The third kappa shape index (κ3) is 4.15. The minimum absolute atomic E-state index is 0.0755. The number of nitrogens with zero attached hydrogens (tertiary/aromatic N) is 3. The number of rotatable bonds is 5. The summed E-state index contributed by atoms with van der Waals surface area (Å²) in [6, 6.07) is 13.2. The van der Waals surface area contributed by atoms with Crippen molar-refractivity contribution in [3.8, 4) is 0 Å². The average Bonchev–Trinajstić information content (AvgIpc) is 2.98. The molecule has 0 aliphatic carbocycles. The molecule has 1 aliphatic heterocycles. The highest BCUT2D eigenvalue weighted by molar-refractivity contribution is 6.43. The molecule has 0 saturated carbocycles. The quantitative estimate of drug-likeness (QED) is 0.533. The lowest BCUT2D eigenvalue weighted by molar-refractivity contribution is -0.119. The van der Waals surface area contributed by atoms with Crippen LogP contribution in [-0.2, 0) is 11.3 Å². The minimum atomic E-state index is -0.635. The molecule has 2 aromatic carbocycles. The van der Waals surface area contributed by atoms with E-state index in [0.29, 0.717) is 11.4 Å². The summed E-state index contributed by atoms with van der Waals surface area (Å²) in [4.78, 5) is 45.0. The normalized spacial score (nSPS) is 12.8. The summed E-state index contributed by atoms with van der Waals surface area (Å²) >= 11 is 11.9. The standard InChI is InChI=1S/C22H14Cl2FN3O3/c23-18-9-16-17(10-19(18)24)22(31)28(21(16)30)12-20(29)27(11-14-3-1-2-8-26-14)15-6-4-13(25)5-7-15/h1-10H,11-12H2. The Kier molecular flexibility index (Phi) is 5.71. The number of carbonyl (C=O) groups excluding carboxylic acids is 3. The zero-order valence-electron chi connectivity index (χ0n) is 15.9. The number of halogens is 3. The second kappa shape index (κ2) is 8.45. The van der Waals surface area contributed by atoms with Crippen LogP contribution < -0.4 is 4.90 Å². The maximum absolute atomic E-state index is 13.4. The number of amides is 3. The van der Waals surface area contributed by atoms with Gasteiger partial charge < -0.3 is 4.90 Å². The van der Waals surface area contributed by atoms with Crippen molar-refractivity contribution < 1.29 is 18.8 Å². The highest BCUT2D eigenvalue weighted by atomic mass is 35.5. The summed E-state index contributed by atoms with van der Waals surface area (Å²) in [5, 5.41) is 0.274. The van der Waals surface area contributed by atoms with Crippen LogP contribution in [0.15, 0.2) is 60.8 Å². The third-order valence-electron chi connectivity index (χ3n) is 4.79. The molecule has 31 heavy (non-hydrogen) atoms. The summed E-state index contributed by atoms with van der Waals surface area (Å²) in [6.45, 7) is -0.433. The predicted octanol–water partition coefficient (Wildman–Crippen LogP) is 4.36. The van der Waals surface area contributed by atoms with Crippen molar-refractivity contribution in [3.63, 3.8) is 0 Å². The van der Waals surface area contributed by atoms with Crippen LogP contribution in [0.5, 0.6) is 0 Å². The molecule has 9 heteroatoms. The Morgan fingerprint density at radius 3 is 2.13 bits per heavy atom. The van der Waals surface area contributed by atoms with Crippen LogP contribution in [0, 0.1) is 5.82 Å². The van der Waals surface area contributed by atoms with Gasteiger partial charge in [0.1, 0.15) is 12.4 Å². The molecule has 0 spiro atoms. The number of fused-ring (bicyclic) bond motifs is 1. The lowest BCUT2D eigenvalue weighted by Crippen LogP contribution is -2.42. The highest BCUT2D eigenvalue weighted by Gasteiger charge is 2.38. The molecule has 1 aromatic heterocycles. The van der Waals surface area contributed by atoms with Crippen LogP contribution in [0.2, 0.25) is 10.0 Å². The van der Waals surface area contributed by atoms with E-state index in [1.165, 1.54) is 41.3 Å². The Bertz CT molecular complexity index is 1150. The van der Waals surface area contributed by atoms with E-state index in [2.05, 4.69) is 4.98 Å². The largest absolute Gasteiger partial charge is 0.305 e. The molecule has 1 aliphatic rings. The molecular formula is C22H14Cl2FN3O3. The van der Waals surface area contributed by atoms with Crippen molar-refractivity contribution in [1.29, 1.82) is 0 Å². The Hall–Kier alpha value is -3.29. The first-order valence-corrected chi connectivity index (χ1v) is 9.92. The fraction of sp³-hybridized carbons (Fsp3) is 0.0909. The van der Waals surface area contributed by atoms with Gasteiger partial charge in [-0.1, -0.05) is 29.3 Å². The number of aromatic nitrogens is 1. The molecule has 3 aromatic rings. The summed E-state index contributed by atoms with van der Waals surface area (Å²) < 4.78 is 13.4. The van der Waals surface area contributed by atoms with E-state index in [9.17, 15) is 18.8 Å². The van der Waals surface area contributed by atoms with Gasteiger partial charge in [0.05, 0.1) is 33.4 Å². The van der Waals surface area contributed by atoms with E-state index in [1.807, 2.05) is 0 Å². The first-order valence-electron chi connectivity index (χ1n) is 9.16. The van der Waals surface area contributed by atoms with E-state index in [4.69, 9.17) is 23.2 Å². The van der Waals surface area contributed by atoms with Crippen LogP contribution in [0.1, 0.15) is 26.4 Å². The zero-order valence-corrected chi connectivity index (χ0v) is 17.4. The van der Waals surface area contributed by atoms with Gasteiger partial charge in [0.15, 0.2) is 0 Å². The second-order valence-electron chi connectivity index (χ2n) is 6.79. The summed E-state index contributed by atoms with van der Waals surface area (Å²) in [5.41, 5.74) is 1.16. The SMILES string of the molecule is O=C1c2cc(Cl)c(Cl)cc2C(=O)N1CC(=O)N(Cc1ccccn1)c1ccc(F)cc1. The van der Waals surface area contributed by atoms with Gasteiger partial charge in [-0.25, -0.2) is 4.39 Å². The van der Waals surface area contributed by atoms with Crippen LogP contribution in [-0.4, -0.2) is 34.2 Å². The minimum Gasteiger partial charge on any atom is -0.305 e. The van der Waals surface area contributed by atoms with E-state index < -0.39 is 30.1 Å². The average molecular weight is 458 g/mol. The Morgan fingerprint density at radius 1 is 0.968 bits per heavy atom. The van der Waals surface area contributed by atoms with Gasteiger partial charge >= 0.3 is 0 Å². The highest BCUT2D eigenvalue weighted by Crippen LogP contribution is 2.31. The molecule has 0 radical (unpaired) electrons. The summed E-state index contributed by atoms with van der Waals surface area (Å²) in [5.74, 6) is -2.26. The molecule has 0 unspecified atom stereocenters. The molecule has 2 heterocycles. The van der Waals surface area contributed by atoms with Gasteiger partial charge in [-0.3, -0.25) is 24.3 Å². The lowest BCUT2D eigenvalue weighted by Gasteiger charge is -2.25. The Morgan fingerprint density at radius 2 is 1.58 bits per heavy atom. The molecule has 0 saturated heterocycles. The molecule has 0 atom stereocenters. The summed E-state index contributed by atoms with van der Waals surface area (Å²) in [7, 11) is 0. The van der Waals surface area contributed by atoms with Crippen LogP contribution in [0.4, 0.5) is 10.1 Å². The van der Waals surface area contributed by atoms with Gasteiger partial charge in [0, 0.05) is 11.9 Å². The van der Waals surface area contributed by atoms with Gasteiger partial charge in [0.25, 0.3) is 11.8 Å². The number of benzene rings is 2. The maximum Gasteiger partial charge on any atom is 0.262 e. The van der Waals surface area contributed by atoms with E-state index >= 15 is 0 Å². The molecular weight excluding hydrogens is 444 g/mol. The van der Waals surface area contributed by atoms with Crippen LogP contribution in [0.25, 0.3) is 0 Å². The number of hydrogen-bond donors (Lipinski definition) is 0. The second-order valence-corrected chi connectivity index (χ2v) is 7.60. The van der Waals surface area contributed by atoms with Crippen LogP contribution in [0.3, 0.4) is 0 Å². The number of pyridine rings is 1.